The minimum absolute atomic E-state index is 0.420. The molecule has 0 atom stereocenters. The molecular formula is C13H12N2O3. The molecule has 1 aliphatic heterocycles. The van der Waals surface area contributed by atoms with E-state index in [1.54, 1.807) is 0 Å². The molecule has 3 rings (SSSR count). The van der Waals surface area contributed by atoms with Gasteiger partial charge in [0, 0.05) is 5.56 Å². The lowest BCUT2D eigenvalue weighted by Crippen LogP contribution is -2.17. The number of nitrogens with zero attached hydrogens (tertiary/aromatic N) is 2. The molecule has 5 heteroatoms. The molecule has 1 aromatic carbocycles. The lowest BCUT2D eigenvalue weighted by molar-refractivity contribution is -0.120. The molecule has 0 fully saturated rings. The van der Waals surface area contributed by atoms with E-state index < -0.39 is 0 Å². The highest BCUT2D eigenvalue weighted by molar-refractivity contribution is 5.69. The molecule has 1 aliphatic rings. The Hall–Kier alpha value is -2.14. The quantitative estimate of drug-likeness (QED) is 0.770. The molecule has 2 heterocycles. The maximum absolute atomic E-state index is 10.6. The number of hydrogen-bond acceptors (Lipinski definition) is 4. The van der Waals surface area contributed by atoms with Gasteiger partial charge in [0.15, 0.2) is 5.75 Å². The molecule has 0 N–H and O–H groups in total. The van der Waals surface area contributed by atoms with Crippen molar-refractivity contribution in [3.05, 3.63) is 36.0 Å². The largest absolute Gasteiger partial charge is 0.424 e. The van der Waals surface area contributed by atoms with Gasteiger partial charge in [-0.05, 0) is 0 Å². The van der Waals surface area contributed by atoms with E-state index in [-0.39, 0.29) is 0 Å². The van der Waals surface area contributed by atoms with Gasteiger partial charge in [-0.3, -0.25) is 9.48 Å². The molecule has 0 bridgehead atoms. The van der Waals surface area contributed by atoms with Crippen molar-refractivity contribution in [2.45, 2.75) is 13.2 Å². The second kappa shape index (κ2) is 4.62. The smallest absolute Gasteiger partial charge is 0.298 e. The van der Waals surface area contributed by atoms with E-state index in [1.807, 2.05) is 35.0 Å². The summed E-state index contributed by atoms with van der Waals surface area (Å²) in [4.78, 5) is 10.6. The second-order valence-corrected chi connectivity index (χ2v) is 3.98. The molecule has 0 radical (unpaired) electrons. The maximum Gasteiger partial charge on any atom is 0.298 e. The van der Waals surface area contributed by atoms with Crippen LogP contribution in [0.25, 0.3) is 11.3 Å². The fourth-order valence-electron chi connectivity index (χ4n) is 2.08. The number of carbonyl (C=O) groups excluding carboxylic acids is 1. The number of benzene rings is 1. The molecule has 0 aliphatic carbocycles. The molecular weight excluding hydrogens is 232 g/mol. The highest BCUT2D eigenvalue weighted by Gasteiger charge is 2.23. The van der Waals surface area contributed by atoms with Gasteiger partial charge in [0.25, 0.3) is 6.47 Å². The Morgan fingerprint density at radius 3 is 2.94 bits per heavy atom. The van der Waals surface area contributed by atoms with E-state index in [4.69, 9.17) is 9.47 Å². The Morgan fingerprint density at radius 1 is 1.33 bits per heavy atom. The zero-order chi connectivity index (χ0) is 12.4. The molecule has 2 aromatic rings. The van der Waals surface area contributed by atoms with E-state index in [0.29, 0.717) is 37.7 Å². The molecule has 0 saturated carbocycles. The number of ether oxygens (including phenoxy) is 2. The summed E-state index contributed by atoms with van der Waals surface area (Å²) in [6.07, 6.45) is 0. The van der Waals surface area contributed by atoms with Gasteiger partial charge in [-0.25, -0.2) is 0 Å². The van der Waals surface area contributed by atoms with Crippen molar-refractivity contribution in [1.29, 1.82) is 0 Å². The number of fused-ring (bicyclic) bond motifs is 1. The average Bonchev–Trinajstić information content (AvgIpc) is 2.80. The van der Waals surface area contributed by atoms with Gasteiger partial charge in [0.1, 0.15) is 11.4 Å². The van der Waals surface area contributed by atoms with Crippen molar-refractivity contribution < 1.29 is 14.3 Å². The lowest BCUT2D eigenvalue weighted by Gasteiger charge is -2.14. The molecule has 0 amide bonds. The van der Waals surface area contributed by atoms with Crippen LogP contribution in [0.2, 0.25) is 0 Å². The topological polar surface area (TPSA) is 53.3 Å². The van der Waals surface area contributed by atoms with E-state index in [2.05, 4.69) is 5.10 Å². The third kappa shape index (κ3) is 1.78. The zero-order valence-corrected chi connectivity index (χ0v) is 9.70. The first kappa shape index (κ1) is 11.0. The van der Waals surface area contributed by atoms with Crippen LogP contribution in [0, 0.1) is 0 Å². The Bertz CT molecular complexity index is 563. The zero-order valence-electron chi connectivity index (χ0n) is 9.70. The van der Waals surface area contributed by atoms with Crippen LogP contribution in [0.1, 0.15) is 5.69 Å². The first-order valence-electron chi connectivity index (χ1n) is 5.73. The Balaban J connectivity index is 2.13. The fourth-order valence-corrected chi connectivity index (χ4v) is 2.08. The van der Waals surface area contributed by atoms with Crippen molar-refractivity contribution in [1.82, 2.24) is 9.78 Å². The first-order valence-corrected chi connectivity index (χ1v) is 5.73. The lowest BCUT2D eigenvalue weighted by atomic mass is 10.1. The van der Waals surface area contributed by atoms with E-state index in [0.717, 1.165) is 11.3 Å². The summed E-state index contributed by atoms with van der Waals surface area (Å²) >= 11 is 0. The second-order valence-electron chi connectivity index (χ2n) is 3.98. The van der Waals surface area contributed by atoms with Crippen LogP contribution in [0.15, 0.2) is 30.3 Å². The molecule has 0 spiro atoms. The molecule has 0 saturated heterocycles. The minimum atomic E-state index is 0.420. The summed E-state index contributed by atoms with van der Waals surface area (Å²) in [5.41, 5.74) is 2.42. The van der Waals surface area contributed by atoms with Crippen LogP contribution < -0.4 is 4.74 Å². The predicted octanol–water partition coefficient (Wildman–Crippen LogP) is 1.62. The SMILES string of the molecule is O=COc1c(-c2ccccc2)nn2c1COCC2. The molecule has 5 nitrogen and oxygen atoms in total. The van der Waals surface area contributed by atoms with Crippen LogP contribution in [-0.2, 0) is 22.7 Å². The van der Waals surface area contributed by atoms with Crippen LogP contribution in [-0.4, -0.2) is 22.9 Å². The monoisotopic (exact) mass is 244 g/mol. The standard InChI is InChI=1S/C13H12N2O3/c16-9-18-13-11-8-17-7-6-15(11)14-12(13)10-4-2-1-3-5-10/h1-5,9H,6-8H2. The number of hydrogen-bond donors (Lipinski definition) is 0. The van der Waals surface area contributed by atoms with Gasteiger partial charge in [-0.1, -0.05) is 30.3 Å². The van der Waals surface area contributed by atoms with E-state index in [1.165, 1.54) is 0 Å². The van der Waals surface area contributed by atoms with Crippen molar-refractivity contribution >= 4 is 6.47 Å². The average molecular weight is 244 g/mol. The van der Waals surface area contributed by atoms with Gasteiger partial charge in [-0.2, -0.15) is 5.10 Å². The number of carbonyl (C=O) groups is 1. The number of rotatable bonds is 3. The van der Waals surface area contributed by atoms with Gasteiger partial charge in [0.05, 0.1) is 19.8 Å². The third-order valence-corrected chi connectivity index (χ3v) is 2.91. The highest BCUT2D eigenvalue weighted by Crippen LogP contribution is 2.33. The molecule has 0 unspecified atom stereocenters. The fraction of sp³-hybridized carbons (Fsp3) is 0.231. The normalized spacial score (nSPS) is 14.0. The summed E-state index contributed by atoms with van der Waals surface area (Å²) in [6, 6.07) is 9.66. The van der Waals surface area contributed by atoms with Gasteiger partial charge in [0.2, 0.25) is 0 Å². The van der Waals surface area contributed by atoms with Gasteiger partial charge in [-0.15, -0.1) is 0 Å². The van der Waals surface area contributed by atoms with Crippen molar-refractivity contribution in [3.8, 4) is 17.0 Å². The molecule has 18 heavy (non-hydrogen) atoms. The van der Waals surface area contributed by atoms with Crippen LogP contribution >= 0.6 is 0 Å². The van der Waals surface area contributed by atoms with E-state index >= 15 is 0 Å². The highest BCUT2D eigenvalue weighted by atomic mass is 16.5. The maximum atomic E-state index is 10.6. The summed E-state index contributed by atoms with van der Waals surface area (Å²) in [7, 11) is 0. The first-order chi connectivity index (χ1) is 8.90. The van der Waals surface area contributed by atoms with Crippen LogP contribution in [0.3, 0.4) is 0 Å². The Morgan fingerprint density at radius 2 is 2.17 bits per heavy atom. The minimum Gasteiger partial charge on any atom is -0.424 e. The Labute approximate surface area is 104 Å². The third-order valence-electron chi connectivity index (χ3n) is 2.91. The van der Waals surface area contributed by atoms with Crippen LogP contribution in [0.4, 0.5) is 0 Å². The summed E-state index contributed by atoms with van der Waals surface area (Å²) in [5, 5.41) is 4.49. The predicted molar refractivity (Wildman–Crippen MR) is 64.0 cm³/mol. The molecule has 92 valence electrons. The van der Waals surface area contributed by atoms with Crippen molar-refractivity contribution in [2.75, 3.05) is 6.61 Å². The summed E-state index contributed by atoms with van der Waals surface area (Å²) < 4.78 is 12.3. The van der Waals surface area contributed by atoms with Crippen molar-refractivity contribution in [3.63, 3.8) is 0 Å². The number of aromatic nitrogens is 2. The van der Waals surface area contributed by atoms with Crippen LogP contribution in [0.5, 0.6) is 5.75 Å². The van der Waals surface area contributed by atoms with Gasteiger partial charge >= 0.3 is 0 Å². The summed E-state index contributed by atoms with van der Waals surface area (Å²) in [6.45, 7) is 2.16. The van der Waals surface area contributed by atoms with Crippen molar-refractivity contribution in [2.24, 2.45) is 0 Å². The van der Waals surface area contributed by atoms with Gasteiger partial charge < -0.3 is 9.47 Å². The summed E-state index contributed by atoms with van der Waals surface area (Å²) in [5.74, 6) is 0.496. The molecule has 1 aromatic heterocycles. The Kier molecular flexibility index (Phi) is 2.82. The van der Waals surface area contributed by atoms with E-state index in [9.17, 15) is 4.79 Å².